The van der Waals surface area contributed by atoms with Gasteiger partial charge in [0.25, 0.3) is 10.1 Å². The van der Waals surface area contributed by atoms with Crippen LogP contribution in [0.5, 0.6) is 17.2 Å². The summed E-state index contributed by atoms with van der Waals surface area (Å²) >= 11 is 0. The zero-order valence-electron chi connectivity index (χ0n) is 19.5. The summed E-state index contributed by atoms with van der Waals surface area (Å²) in [4.78, 5) is -0.673. The van der Waals surface area contributed by atoms with Crippen molar-refractivity contribution in [3.05, 3.63) is 48.0 Å². The van der Waals surface area contributed by atoms with E-state index in [1.807, 2.05) is 24.3 Å². The van der Waals surface area contributed by atoms with Crippen LogP contribution in [0.4, 0.5) is 0 Å². The van der Waals surface area contributed by atoms with E-state index in [1.54, 1.807) is 0 Å². The van der Waals surface area contributed by atoms with Crippen molar-refractivity contribution in [1.82, 2.24) is 0 Å². The predicted molar refractivity (Wildman–Crippen MR) is 122 cm³/mol. The molecule has 2 rings (SSSR count). The second-order valence-corrected chi connectivity index (χ2v) is 9.47. The summed E-state index contributed by atoms with van der Waals surface area (Å²) in [6, 6.07) is 11.2. The van der Waals surface area contributed by atoms with Gasteiger partial charge in [0.1, 0.15) is 11.5 Å². The van der Waals surface area contributed by atoms with Crippen molar-refractivity contribution in [3.8, 4) is 17.2 Å². The maximum atomic E-state index is 11.7. The fourth-order valence-electron chi connectivity index (χ4n) is 3.67. The van der Waals surface area contributed by atoms with E-state index in [0.717, 1.165) is 30.5 Å². The second-order valence-electron chi connectivity index (χ2n) is 8.08. The standard InChI is InChI=1S/C25H36O5S.K/c1-2-3-4-5-6-7-8-9-10-11-12-15-21-16-13-14-17-24(21)30-22-18-19-23(26)25(20-22)31(27,28)29;/h13-14,16-20,26H,2-12,15H2,1H3,(H,27,28,29);/q;+1/p-1. The van der Waals surface area contributed by atoms with Gasteiger partial charge in [-0.2, -0.15) is 8.42 Å². The van der Waals surface area contributed by atoms with Gasteiger partial charge in [0.2, 0.25) is 0 Å². The number of benzene rings is 2. The first-order valence-electron chi connectivity index (χ1n) is 11.5. The molecular formula is C25H35KO5S. The van der Waals surface area contributed by atoms with E-state index < -0.39 is 20.8 Å². The van der Waals surface area contributed by atoms with Gasteiger partial charge in [-0.3, -0.25) is 4.55 Å². The van der Waals surface area contributed by atoms with Gasteiger partial charge in [-0.15, -0.1) is 0 Å². The molecule has 0 atom stereocenters. The third-order valence-corrected chi connectivity index (χ3v) is 6.32. The van der Waals surface area contributed by atoms with E-state index in [-0.39, 0.29) is 57.1 Å². The molecule has 0 spiro atoms. The number of hydrogen-bond donors (Lipinski definition) is 1. The van der Waals surface area contributed by atoms with Crippen molar-refractivity contribution in [3.63, 3.8) is 0 Å². The molecule has 0 aromatic heterocycles. The summed E-state index contributed by atoms with van der Waals surface area (Å²) in [6.07, 6.45) is 15.0. The zero-order valence-corrected chi connectivity index (χ0v) is 23.5. The Kier molecular flexibility index (Phi) is 15.0. The molecule has 172 valence electrons. The summed E-state index contributed by atoms with van der Waals surface area (Å²) in [6.45, 7) is 2.25. The monoisotopic (exact) mass is 486 g/mol. The molecular weight excluding hydrogens is 451 g/mol. The van der Waals surface area contributed by atoms with Crippen LogP contribution in [-0.4, -0.2) is 13.0 Å². The Morgan fingerprint density at radius 3 is 2.00 bits per heavy atom. The molecule has 1 N–H and O–H groups in total. The zero-order chi connectivity index (χ0) is 22.5. The van der Waals surface area contributed by atoms with Crippen LogP contribution < -0.4 is 61.2 Å². The van der Waals surface area contributed by atoms with E-state index >= 15 is 0 Å². The molecule has 5 nitrogen and oxygen atoms in total. The number of para-hydroxylation sites is 1. The van der Waals surface area contributed by atoms with E-state index in [4.69, 9.17) is 4.74 Å². The quantitative estimate of drug-likeness (QED) is 0.236. The Hall–Kier alpha value is -0.414. The summed E-state index contributed by atoms with van der Waals surface area (Å²) in [7, 11) is -4.58. The van der Waals surface area contributed by atoms with Crippen molar-refractivity contribution in [1.29, 1.82) is 0 Å². The van der Waals surface area contributed by atoms with Gasteiger partial charge in [0.05, 0.1) is 4.90 Å². The van der Waals surface area contributed by atoms with Crippen LogP contribution in [0.3, 0.4) is 0 Å². The minimum Gasteiger partial charge on any atom is -0.872 e. The minimum absolute atomic E-state index is 0. The van der Waals surface area contributed by atoms with E-state index in [1.165, 1.54) is 70.3 Å². The number of rotatable bonds is 15. The van der Waals surface area contributed by atoms with Crippen LogP contribution in [0.2, 0.25) is 0 Å². The SMILES string of the molecule is CCCCCCCCCCCCCc1ccccc1Oc1ccc([O-])c(S(=O)(=O)O)c1.[K+]. The normalized spacial score (nSPS) is 11.2. The molecule has 0 heterocycles. The smallest absolute Gasteiger partial charge is 0.872 e. The summed E-state index contributed by atoms with van der Waals surface area (Å²) in [5, 5.41) is 11.7. The molecule has 0 saturated carbocycles. The first kappa shape index (κ1) is 29.6. The summed E-state index contributed by atoms with van der Waals surface area (Å²) < 4.78 is 37.7. The van der Waals surface area contributed by atoms with Gasteiger partial charge >= 0.3 is 51.4 Å². The summed E-state index contributed by atoms with van der Waals surface area (Å²) in [5.41, 5.74) is 1.04. The predicted octanol–water partition coefficient (Wildman–Crippen LogP) is 3.66. The van der Waals surface area contributed by atoms with Crippen molar-refractivity contribution >= 4 is 10.1 Å². The first-order chi connectivity index (χ1) is 14.9. The molecule has 0 aliphatic heterocycles. The minimum atomic E-state index is -4.58. The maximum Gasteiger partial charge on any atom is 1.00 e. The number of hydrogen-bond acceptors (Lipinski definition) is 4. The molecule has 0 radical (unpaired) electrons. The van der Waals surface area contributed by atoms with Crippen molar-refractivity contribution in [2.75, 3.05) is 0 Å². The van der Waals surface area contributed by atoms with Crippen molar-refractivity contribution < 1.29 is 74.2 Å². The van der Waals surface area contributed by atoms with E-state index in [9.17, 15) is 18.1 Å². The molecule has 2 aromatic rings. The number of unbranched alkanes of at least 4 members (excludes halogenated alkanes) is 10. The Labute approximate surface area is 236 Å². The average Bonchev–Trinajstić information content (AvgIpc) is 2.73. The largest absolute Gasteiger partial charge is 1.00 e. The van der Waals surface area contributed by atoms with Crippen LogP contribution in [0.25, 0.3) is 0 Å². The maximum absolute atomic E-state index is 11.7. The Balaban J connectivity index is 0.00000512. The Bertz CT molecular complexity index is 899. The third-order valence-electron chi connectivity index (χ3n) is 5.44. The Morgan fingerprint density at radius 2 is 1.41 bits per heavy atom. The fraction of sp³-hybridized carbons (Fsp3) is 0.520. The van der Waals surface area contributed by atoms with E-state index in [0.29, 0.717) is 5.75 Å². The molecule has 0 unspecified atom stereocenters. The number of aryl methyl sites for hydroxylation is 1. The van der Waals surface area contributed by atoms with Crippen molar-refractivity contribution in [2.45, 2.75) is 88.9 Å². The molecule has 0 saturated heterocycles. The van der Waals surface area contributed by atoms with Gasteiger partial charge in [-0.05, 0) is 30.5 Å². The van der Waals surface area contributed by atoms with Crippen LogP contribution in [0.15, 0.2) is 47.4 Å². The van der Waals surface area contributed by atoms with E-state index in [2.05, 4.69) is 6.92 Å². The second kappa shape index (κ2) is 16.3. The van der Waals surface area contributed by atoms with Gasteiger partial charge in [-0.25, -0.2) is 0 Å². The molecule has 0 amide bonds. The summed E-state index contributed by atoms with van der Waals surface area (Å²) in [5.74, 6) is 0.0808. The van der Waals surface area contributed by atoms with Gasteiger partial charge in [-0.1, -0.05) is 101 Å². The third kappa shape index (κ3) is 11.1. The van der Waals surface area contributed by atoms with Crippen LogP contribution >= 0.6 is 0 Å². The van der Waals surface area contributed by atoms with Gasteiger partial charge in [0.15, 0.2) is 0 Å². The molecule has 0 aliphatic carbocycles. The van der Waals surface area contributed by atoms with Crippen LogP contribution in [-0.2, 0) is 16.5 Å². The average molecular weight is 487 g/mol. The fourth-order valence-corrected chi connectivity index (χ4v) is 4.26. The molecule has 0 aliphatic rings. The topological polar surface area (TPSA) is 86.7 Å². The molecule has 7 heteroatoms. The molecule has 2 aromatic carbocycles. The van der Waals surface area contributed by atoms with Crippen molar-refractivity contribution in [2.24, 2.45) is 0 Å². The number of ether oxygens (including phenoxy) is 1. The van der Waals surface area contributed by atoms with Crippen LogP contribution in [0, 0.1) is 0 Å². The first-order valence-corrected chi connectivity index (χ1v) is 12.9. The van der Waals surface area contributed by atoms with Gasteiger partial charge < -0.3 is 9.84 Å². The molecule has 0 fully saturated rings. The Morgan fingerprint density at radius 1 is 0.844 bits per heavy atom. The molecule has 0 bridgehead atoms. The van der Waals surface area contributed by atoms with Crippen LogP contribution in [0.1, 0.15) is 83.1 Å². The van der Waals surface area contributed by atoms with Gasteiger partial charge in [0, 0.05) is 6.07 Å². The molecule has 32 heavy (non-hydrogen) atoms.